The largest absolute Gasteiger partial charge is 0.356 e. The number of aromatic nitrogens is 2. The lowest BCUT2D eigenvalue weighted by molar-refractivity contribution is 0.377. The number of halogens is 1. The van der Waals surface area contributed by atoms with Crippen LogP contribution in [0, 0.1) is 5.92 Å². The second-order valence-corrected chi connectivity index (χ2v) is 5.23. The van der Waals surface area contributed by atoms with Crippen molar-refractivity contribution in [2.45, 2.75) is 32.6 Å². The van der Waals surface area contributed by atoms with E-state index in [0.29, 0.717) is 0 Å². The molecule has 0 spiro atoms. The second-order valence-electron chi connectivity index (χ2n) is 4.42. The van der Waals surface area contributed by atoms with Gasteiger partial charge in [-0.05, 0) is 34.7 Å². The molecule has 0 bridgehead atoms. The van der Waals surface area contributed by atoms with Gasteiger partial charge in [-0.2, -0.15) is 0 Å². The lowest BCUT2D eigenvalue weighted by Crippen LogP contribution is -2.34. The summed E-state index contributed by atoms with van der Waals surface area (Å²) >= 11 is 3.39. The van der Waals surface area contributed by atoms with Gasteiger partial charge in [0.2, 0.25) is 0 Å². The van der Waals surface area contributed by atoms with Gasteiger partial charge in [-0.3, -0.25) is 0 Å². The average Bonchev–Trinajstić information content (AvgIpc) is 2.30. The van der Waals surface area contributed by atoms with Gasteiger partial charge < -0.3 is 4.90 Å². The number of nitrogens with zero attached hydrogens (tertiary/aromatic N) is 3. The lowest BCUT2D eigenvalue weighted by Gasteiger charge is -2.32. The number of hydrogen-bond donors (Lipinski definition) is 0. The predicted molar refractivity (Wildman–Crippen MR) is 69.6 cm³/mol. The maximum absolute atomic E-state index is 4.32. The summed E-state index contributed by atoms with van der Waals surface area (Å²) < 4.78 is 0.869. The Hall–Kier alpha value is -0.640. The van der Waals surface area contributed by atoms with Gasteiger partial charge in [0.15, 0.2) is 0 Å². The first-order valence-corrected chi connectivity index (χ1v) is 6.81. The zero-order valence-electron chi connectivity index (χ0n) is 9.69. The summed E-state index contributed by atoms with van der Waals surface area (Å²) in [4.78, 5) is 10.7. The molecule has 0 aromatic carbocycles. The Morgan fingerprint density at radius 1 is 1.38 bits per heavy atom. The molecule has 0 amide bonds. The summed E-state index contributed by atoms with van der Waals surface area (Å²) in [5, 5.41) is 0. The van der Waals surface area contributed by atoms with Crippen molar-refractivity contribution in [3.8, 4) is 0 Å². The predicted octanol–water partition coefficient (Wildman–Crippen LogP) is 3.26. The van der Waals surface area contributed by atoms with Crippen LogP contribution >= 0.6 is 15.9 Å². The average molecular weight is 284 g/mol. The molecule has 0 saturated carbocycles. The van der Waals surface area contributed by atoms with E-state index in [-0.39, 0.29) is 0 Å². The van der Waals surface area contributed by atoms with E-state index in [4.69, 9.17) is 0 Å². The smallest absolute Gasteiger partial charge is 0.133 e. The minimum atomic E-state index is 0.869. The fourth-order valence-electron chi connectivity index (χ4n) is 2.36. The summed E-state index contributed by atoms with van der Waals surface area (Å²) in [7, 11) is 0. The molecule has 0 unspecified atom stereocenters. The van der Waals surface area contributed by atoms with Crippen molar-refractivity contribution < 1.29 is 0 Å². The quantitative estimate of drug-likeness (QED) is 0.798. The van der Waals surface area contributed by atoms with E-state index < -0.39 is 0 Å². The van der Waals surface area contributed by atoms with Gasteiger partial charge >= 0.3 is 0 Å². The Labute approximate surface area is 105 Å². The first-order chi connectivity index (χ1) is 7.79. The highest BCUT2D eigenvalue weighted by Gasteiger charge is 2.19. The highest BCUT2D eigenvalue weighted by molar-refractivity contribution is 9.10. The molecule has 3 nitrogen and oxygen atoms in total. The van der Waals surface area contributed by atoms with Gasteiger partial charge in [0.05, 0.1) is 0 Å². The molecule has 1 aromatic rings. The van der Waals surface area contributed by atoms with E-state index in [9.17, 15) is 0 Å². The maximum Gasteiger partial charge on any atom is 0.133 e. The molecule has 1 aliphatic heterocycles. The number of piperidine rings is 1. The third-order valence-electron chi connectivity index (χ3n) is 3.25. The van der Waals surface area contributed by atoms with E-state index in [1.165, 1.54) is 25.7 Å². The van der Waals surface area contributed by atoms with Crippen molar-refractivity contribution in [3.63, 3.8) is 0 Å². The fraction of sp³-hybridized carbons (Fsp3) is 0.667. The van der Waals surface area contributed by atoms with Gasteiger partial charge in [-0.25, -0.2) is 9.97 Å². The highest BCUT2D eigenvalue weighted by atomic mass is 79.9. The third kappa shape index (κ3) is 2.94. The van der Waals surface area contributed by atoms with Gasteiger partial charge in [-0.15, -0.1) is 0 Å². The lowest BCUT2D eigenvalue weighted by atomic mass is 9.92. The van der Waals surface area contributed by atoms with Crippen LogP contribution in [0.1, 0.15) is 32.6 Å². The van der Waals surface area contributed by atoms with Crippen molar-refractivity contribution in [2.75, 3.05) is 18.0 Å². The summed E-state index contributed by atoms with van der Waals surface area (Å²) in [6.07, 6.45) is 6.91. The first kappa shape index (κ1) is 11.8. The minimum Gasteiger partial charge on any atom is -0.356 e. The van der Waals surface area contributed by atoms with Gasteiger partial charge in [-0.1, -0.05) is 19.8 Å². The number of rotatable bonds is 3. The summed E-state index contributed by atoms with van der Waals surface area (Å²) in [5.74, 6) is 1.98. The molecule has 2 rings (SSSR count). The monoisotopic (exact) mass is 283 g/mol. The maximum atomic E-state index is 4.32. The highest BCUT2D eigenvalue weighted by Crippen LogP contribution is 2.25. The van der Waals surface area contributed by atoms with Crippen molar-refractivity contribution in [1.29, 1.82) is 0 Å². The molecule has 4 heteroatoms. The topological polar surface area (TPSA) is 29.0 Å². The zero-order valence-corrected chi connectivity index (χ0v) is 11.3. The Kier molecular flexibility index (Phi) is 4.16. The summed E-state index contributed by atoms with van der Waals surface area (Å²) in [6.45, 7) is 4.54. The molecule has 16 heavy (non-hydrogen) atoms. The number of anilines is 1. The minimum absolute atomic E-state index is 0.869. The Balaban J connectivity index is 1.94. The Morgan fingerprint density at radius 3 is 2.75 bits per heavy atom. The van der Waals surface area contributed by atoms with E-state index in [1.807, 2.05) is 6.07 Å². The van der Waals surface area contributed by atoms with Crippen LogP contribution in [0.4, 0.5) is 5.82 Å². The SMILES string of the molecule is CCCC1CCN(c2cc(Br)ncn2)CC1. The van der Waals surface area contributed by atoms with Crippen LogP contribution in [0.5, 0.6) is 0 Å². The molecule has 0 atom stereocenters. The Morgan fingerprint density at radius 2 is 2.12 bits per heavy atom. The molecular formula is C12H18BrN3. The molecule has 1 fully saturated rings. The van der Waals surface area contributed by atoms with Crippen LogP contribution in [0.2, 0.25) is 0 Å². The zero-order chi connectivity index (χ0) is 11.4. The van der Waals surface area contributed by atoms with Crippen molar-refractivity contribution >= 4 is 21.7 Å². The molecule has 1 aliphatic rings. The first-order valence-electron chi connectivity index (χ1n) is 6.02. The van der Waals surface area contributed by atoms with Crippen molar-refractivity contribution in [3.05, 3.63) is 17.0 Å². The summed E-state index contributed by atoms with van der Waals surface area (Å²) in [5.41, 5.74) is 0. The van der Waals surface area contributed by atoms with Crippen LogP contribution < -0.4 is 4.90 Å². The molecule has 0 radical (unpaired) electrons. The van der Waals surface area contributed by atoms with Gasteiger partial charge in [0.25, 0.3) is 0 Å². The molecule has 88 valence electrons. The van der Waals surface area contributed by atoms with Gasteiger partial charge in [0, 0.05) is 19.2 Å². The van der Waals surface area contributed by atoms with E-state index in [2.05, 4.69) is 37.7 Å². The van der Waals surface area contributed by atoms with E-state index >= 15 is 0 Å². The number of hydrogen-bond acceptors (Lipinski definition) is 3. The van der Waals surface area contributed by atoms with Crippen molar-refractivity contribution in [2.24, 2.45) is 5.92 Å². The second kappa shape index (κ2) is 5.62. The van der Waals surface area contributed by atoms with Crippen LogP contribution in [-0.2, 0) is 0 Å². The molecular weight excluding hydrogens is 266 g/mol. The third-order valence-corrected chi connectivity index (χ3v) is 3.69. The molecule has 2 heterocycles. The molecule has 1 saturated heterocycles. The standard InChI is InChI=1S/C12H18BrN3/c1-2-3-10-4-6-16(7-5-10)12-8-11(13)14-9-15-12/h8-10H,2-7H2,1H3. The van der Waals surface area contributed by atoms with E-state index in [1.54, 1.807) is 6.33 Å². The Bertz CT molecular complexity index is 335. The van der Waals surface area contributed by atoms with Gasteiger partial charge in [0.1, 0.15) is 16.7 Å². The van der Waals surface area contributed by atoms with Crippen LogP contribution in [0.15, 0.2) is 17.0 Å². The normalized spacial score (nSPS) is 17.8. The van der Waals surface area contributed by atoms with Crippen molar-refractivity contribution in [1.82, 2.24) is 9.97 Å². The molecule has 1 aromatic heterocycles. The van der Waals surface area contributed by atoms with Crippen LogP contribution in [0.3, 0.4) is 0 Å². The van der Waals surface area contributed by atoms with E-state index in [0.717, 1.165) is 29.4 Å². The van der Waals surface area contributed by atoms with Crippen LogP contribution in [0.25, 0.3) is 0 Å². The fourth-order valence-corrected chi connectivity index (χ4v) is 2.65. The summed E-state index contributed by atoms with van der Waals surface area (Å²) in [6, 6.07) is 2.00. The molecule has 0 aliphatic carbocycles. The van der Waals surface area contributed by atoms with Crippen LogP contribution in [-0.4, -0.2) is 23.1 Å². The molecule has 0 N–H and O–H groups in total.